The molecule has 1 unspecified atom stereocenters. The number of hydrogen-bond acceptors (Lipinski definition) is 6. The number of sulfone groups is 1. The Hall–Kier alpha value is -2.36. The zero-order valence-corrected chi connectivity index (χ0v) is 19.9. The molecule has 3 aromatic rings. The fourth-order valence-electron chi connectivity index (χ4n) is 3.63. The monoisotopic (exact) mass is 490 g/mol. The lowest BCUT2D eigenvalue weighted by Crippen LogP contribution is -2.38. The van der Waals surface area contributed by atoms with E-state index < -0.39 is 9.84 Å². The molecule has 1 fully saturated rings. The smallest absolute Gasteiger partial charge is 0.233 e. The van der Waals surface area contributed by atoms with Gasteiger partial charge in [-0.2, -0.15) is 0 Å². The van der Waals surface area contributed by atoms with Crippen molar-refractivity contribution < 1.29 is 13.2 Å². The molecule has 10 heteroatoms. The quantitative estimate of drug-likeness (QED) is 0.472. The van der Waals surface area contributed by atoms with Crippen molar-refractivity contribution in [3.8, 4) is 11.4 Å². The van der Waals surface area contributed by atoms with Crippen molar-refractivity contribution in [3.63, 3.8) is 0 Å². The first-order chi connectivity index (χ1) is 15.3. The Kier molecular flexibility index (Phi) is 6.88. The summed E-state index contributed by atoms with van der Waals surface area (Å²) in [6.07, 6.45) is 0.486. The third-order valence-electron chi connectivity index (χ3n) is 5.48. The number of amides is 1. The van der Waals surface area contributed by atoms with Gasteiger partial charge in [-0.1, -0.05) is 53.7 Å². The average Bonchev–Trinajstić information content (AvgIpc) is 3.35. The van der Waals surface area contributed by atoms with Gasteiger partial charge >= 0.3 is 0 Å². The molecule has 1 amide bonds. The average molecular weight is 491 g/mol. The highest BCUT2D eigenvalue weighted by atomic mass is 35.5. The van der Waals surface area contributed by atoms with E-state index in [0.29, 0.717) is 29.0 Å². The van der Waals surface area contributed by atoms with Crippen LogP contribution in [0.15, 0.2) is 59.8 Å². The van der Waals surface area contributed by atoms with Gasteiger partial charge in [-0.3, -0.25) is 9.36 Å². The van der Waals surface area contributed by atoms with Gasteiger partial charge in [0.2, 0.25) is 5.91 Å². The van der Waals surface area contributed by atoms with E-state index >= 15 is 0 Å². The van der Waals surface area contributed by atoms with Crippen LogP contribution in [0.5, 0.6) is 0 Å². The maximum absolute atomic E-state index is 12.7. The first-order valence-electron chi connectivity index (χ1n) is 10.1. The van der Waals surface area contributed by atoms with Crippen LogP contribution in [0.1, 0.15) is 12.0 Å². The van der Waals surface area contributed by atoms with Crippen LogP contribution in [0.25, 0.3) is 11.4 Å². The van der Waals surface area contributed by atoms with E-state index in [9.17, 15) is 13.2 Å². The van der Waals surface area contributed by atoms with Crippen molar-refractivity contribution >= 4 is 39.1 Å². The Balaban J connectivity index is 1.54. The molecular weight excluding hydrogens is 468 g/mol. The Morgan fingerprint density at radius 1 is 1.16 bits per heavy atom. The van der Waals surface area contributed by atoms with Crippen molar-refractivity contribution in [2.45, 2.75) is 24.2 Å². The maximum atomic E-state index is 12.7. The number of hydrogen-bond donors (Lipinski definition) is 0. The van der Waals surface area contributed by atoms with E-state index in [0.717, 1.165) is 11.1 Å². The number of carbonyl (C=O) groups is 1. The van der Waals surface area contributed by atoms with Crippen molar-refractivity contribution in [2.24, 2.45) is 0 Å². The number of thioether (sulfide) groups is 1. The van der Waals surface area contributed by atoms with Crippen LogP contribution in [-0.2, 0) is 21.2 Å². The van der Waals surface area contributed by atoms with Crippen molar-refractivity contribution in [1.82, 2.24) is 19.7 Å². The summed E-state index contributed by atoms with van der Waals surface area (Å²) < 4.78 is 25.5. The van der Waals surface area contributed by atoms with Crippen molar-refractivity contribution in [2.75, 3.05) is 24.3 Å². The molecule has 0 bridgehead atoms. The van der Waals surface area contributed by atoms with E-state index in [4.69, 9.17) is 11.6 Å². The molecule has 4 rings (SSSR count). The molecule has 7 nitrogen and oxygen atoms in total. The van der Waals surface area contributed by atoms with Gasteiger partial charge in [-0.15, -0.1) is 10.2 Å². The van der Waals surface area contributed by atoms with Gasteiger partial charge in [0, 0.05) is 23.7 Å². The highest BCUT2D eigenvalue weighted by Crippen LogP contribution is 2.27. The highest BCUT2D eigenvalue weighted by Gasteiger charge is 2.32. The molecule has 0 N–H and O–H groups in total. The van der Waals surface area contributed by atoms with Gasteiger partial charge in [0.15, 0.2) is 20.8 Å². The summed E-state index contributed by atoms with van der Waals surface area (Å²) in [5, 5.41) is 9.98. The Morgan fingerprint density at radius 2 is 1.88 bits per heavy atom. The lowest BCUT2D eigenvalue weighted by atomic mass is 10.2. The summed E-state index contributed by atoms with van der Waals surface area (Å²) in [5.41, 5.74) is 1.97. The molecule has 168 valence electrons. The molecule has 1 atom stereocenters. The van der Waals surface area contributed by atoms with Crippen LogP contribution in [-0.4, -0.2) is 64.3 Å². The normalized spacial score (nSPS) is 17.4. The van der Waals surface area contributed by atoms with E-state index in [2.05, 4.69) is 10.2 Å². The lowest BCUT2D eigenvalue weighted by molar-refractivity contribution is -0.128. The molecule has 0 saturated carbocycles. The number of nitrogens with zero attached hydrogens (tertiary/aromatic N) is 4. The van der Waals surface area contributed by atoms with Crippen LogP contribution in [0.3, 0.4) is 0 Å². The first kappa shape index (κ1) is 22.8. The minimum absolute atomic E-state index is 0.0326. The first-order valence-corrected chi connectivity index (χ1v) is 13.3. The standard InChI is InChI=1S/C22H23ClN4O3S2/c1-26(19-11-12-32(29,30)15-19)20(28)14-31-22-25-24-21(17-7-9-18(23)10-8-17)27(22)13-16-5-3-2-4-6-16/h2-10,19H,11-15H2,1H3. The van der Waals surface area contributed by atoms with Gasteiger partial charge < -0.3 is 4.90 Å². The van der Waals surface area contributed by atoms with Crippen LogP contribution >= 0.6 is 23.4 Å². The molecule has 2 heterocycles. The number of rotatable bonds is 7. The number of aromatic nitrogens is 3. The maximum Gasteiger partial charge on any atom is 0.233 e. The topological polar surface area (TPSA) is 85.2 Å². The summed E-state index contributed by atoms with van der Waals surface area (Å²) in [6, 6.07) is 17.1. The second kappa shape index (κ2) is 9.64. The fourth-order valence-corrected chi connectivity index (χ4v) is 6.39. The third-order valence-corrected chi connectivity index (χ3v) is 8.43. The minimum Gasteiger partial charge on any atom is -0.341 e. The van der Waals surface area contributed by atoms with E-state index in [1.807, 2.05) is 47.0 Å². The van der Waals surface area contributed by atoms with Gasteiger partial charge in [0.05, 0.1) is 23.8 Å². The minimum atomic E-state index is -3.05. The van der Waals surface area contributed by atoms with Crippen LogP contribution < -0.4 is 0 Å². The Bertz CT molecular complexity index is 1200. The van der Waals surface area contributed by atoms with Gasteiger partial charge in [-0.05, 0) is 36.2 Å². The van der Waals surface area contributed by atoms with E-state index in [1.165, 1.54) is 11.8 Å². The molecule has 1 aliphatic heterocycles. The lowest BCUT2D eigenvalue weighted by Gasteiger charge is -2.23. The predicted molar refractivity (Wildman–Crippen MR) is 127 cm³/mol. The zero-order valence-electron chi connectivity index (χ0n) is 17.5. The molecule has 0 aliphatic carbocycles. The van der Waals surface area contributed by atoms with Gasteiger partial charge in [0.1, 0.15) is 0 Å². The fraction of sp³-hybridized carbons (Fsp3) is 0.318. The van der Waals surface area contributed by atoms with Gasteiger partial charge in [-0.25, -0.2) is 8.42 Å². The SMILES string of the molecule is CN(C(=O)CSc1nnc(-c2ccc(Cl)cc2)n1Cc1ccccc1)C1CCS(=O)(=O)C1. The van der Waals surface area contributed by atoms with E-state index in [1.54, 1.807) is 24.1 Å². The molecule has 1 aliphatic rings. The molecule has 0 spiro atoms. The summed E-state index contributed by atoms with van der Waals surface area (Å²) in [7, 11) is -1.38. The summed E-state index contributed by atoms with van der Waals surface area (Å²) in [4.78, 5) is 14.3. The number of carbonyl (C=O) groups excluding carboxylic acids is 1. The van der Waals surface area contributed by atoms with Crippen molar-refractivity contribution in [3.05, 3.63) is 65.2 Å². The molecule has 1 aromatic heterocycles. The summed E-state index contributed by atoms with van der Waals surface area (Å²) >= 11 is 7.34. The Morgan fingerprint density at radius 3 is 2.53 bits per heavy atom. The second-order valence-electron chi connectivity index (χ2n) is 7.73. The predicted octanol–water partition coefficient (Wildman–Crippen LogP) is 3.38. The second-order valence-corrected chi connectivity index (χ2v) is 11.3. The van der Waals surface area contributed by atoms with Gasteiger partial charge in [0.25, 0.3) is 0 Å². The molecular formula is C22H23ClN4O3S2. The van der Waals surface area contributed by atoms with Crippen LogP contribution in [0.2, 0.25) is 5.02 Å². The largest absolute Gasteiger partial charge is 0.341 e. The highest BCUT2D eigenvalue weighted by molar-refractivity contribution is 7.99. The molecule has 32 heavy (non-hydrogen) atoms. The summed E-state index contributed by atoms with van der Waals surface area (Å²) in [5.74, 6) is 0.888. The molecule has 2 aromatic carbocycles. The van der Waals surface area contributed by atoms with Crippen LogP contribution in [0.4, 0.5) is 0 Å². The molecule has 1 saturated heterocycles. The summed E-state index contributed by atoms with van der Waals surface area (Å²) in [6.45, 7) is 0.555. The van der Waals surface area contributed by atoms with Crippen molar-refractivity contribution in [1.29, 1.82) is 0 Å². The van der Waals surface area contributed by atoms with E-state index in [-0.39, 0.29) is 29.2 Å². The van der Waals surface area contributed by atoms with Crippen LogP contribution in [0, 0.1) is 0 Å². The number of benzene rings is 2. The zero-order chi connectivity index (χ0) is 22.7. The number of halogens is 1. The third kappa shape index (κ3) is 5.33. The Labute approximate surface area is 196 Å². The molecule has 0 radical (unpaired) electrons.